The second-order valence-corrected chi connectivity index (χ2v) is 8.62. The highest BCUT2D eigenvalue weighted by molar-refractivity contribution is 9.10. The maximum absolute atomic E-state index is 13.6. The summed E-state index contributed by atoms with van der Waals surface area (Å²) in [7, 11) is 1.62. The number of fused-ring (bicyclic) bond motifs is 1. The Bertz CT molecular complexity index is 1300. The molecule has 0 radical (unpaired) electrons. The molecule has 0 spiro atoms. The van der Waals surface area contributed by atoms with Crippen molar-refractivity contribution in [3.8, 4) is 22.6 Å². The first-order valence-electron chi connectivity index (χ1n) is 10.2. The minimum atomic E-state index is -0.133. The number of methoxy groups -OCH3 is 1. The number of halogens is 1. The van der Waals surface area contributed by atoms with Gasteiger partial charge in [-0.05, 0) is 60.7 Å². The fourth-order valence-corrected chi connectivity index (χ4v) is 3.82. The molecule has 0 amide bonds. The Morgan fingerprint density at radius 3 is 2.55 bits per heavy atom. The molecule has 0 aliphatic heterocycles. The van der Waals surface area contributed by atoms with Crippen molar-refractivity contribution in [3.05, 3.63) is 75.8 Å². The van der Waals surface area contributed by atoms with E-state index in [0.717, 1.165) is 33.4 Å². The van der Waals surface area contributed by atoms with E-state index in [1.165, 1.54) is 12.8 Å². The van der Waals surface area contributed by atoms with Crippen LogP contribution in [-0.2, 0) is 0 Å². The molecule has 156 valence electrons. The van der Waals surface area contributed by atoms with E-state index in [4.69, 9.17) is 9.72 Å². The Morgan fingerprint density at radius 1 is 1.13 bits per heavy atom. The lowest BCUT2D eigenvalue weighted by molar-refractivity contribution is 0.414. The van der Waals surface area contributed by atoms with Gasteiger partial charge in [0.05, 0.1) is 18.2 Å². The number of aromatic nitrogens is 3. The molecule has 0 atom stereocenters. The third-order valence-corrected chi connectivity index (χ3v) is 6.01. The van der Waals surface area contributed by atoms with Crippen LogP contribution in [0.3, 0.4) is 0 Å². The quantitative estimate of drug-likeness (QED) is 0.422. The zero-order valence-electron chi connectivity index (χ0n) is 17.0. The molecule has 0 unspecified atom stereocenters. The van der Waals surface area contributed by atoms with Crippen molar-refractivity contribution in [1.29, 1.82) is 0 Å². The number of ether oxygens (including phenoxy) is 1. The maximum atomic E-state index is 13.6. The molecule has 2 heterocycles. The highest BCUT2D eigenvalue weighted by atomic mass is 79.9. The van der Waals surface area contributed by atoms with Gasteiger partial charge in [0.15, 0.2) is 0 Å². The topological polar surface area (TPSA) is 69.0 Å². The Labute approximate surface area is 188 Å². The zero-order chi connectivity index (χ0) is 21.4. The maximum Gasteiger partial charge on any atom is 0.265 e. The summed E-state index contributed by atoms with van der Waals surface area (Å²) >= 11 is 3.47. The first kappa shape index (κ1) is 19.8. The highest BCUT2D eigenvalue weighted by Crippen LogP contribution is 2.30. The summed E-state index contributed by atoms with van der Waals surface area (Å²) in [6, 6.07) is 15.1. The van der Waals surface area contributed by atoms with Crippen LogP contribution in [0.15, 0.2) is 70.2 Å². The van der Waals surface area contributed by atoms with Crippen LogP contribution < -0.4 is 15.6 Å². The molecule has 2 aromatic carbocycles. The van der Waals surface area contributed by atoms with Gasteiger partial charge in [0.25, 0.3) is 5.56 Å². The molecule has 7 heteroatoms. The smallest absolute Gasteiger partial charge is 0.265 e. The first-order chi connectivity index (χ1) is 15.1. The summed E-state index contributed by atoms with van der Waals surface area (Å²) in [6.07, 6.45) is 6.07. The SMILES string of the molecule is COc1ccc(-n2cc3cnc(NCC4CC4)nc3c(-c3ccc(Br)cc3)c2=O)cc1. The van der Waals surface area contributed by atoms with Crippen molar-refractivity contribution in [1.82, 2.24) is 14.5 Å². The number of nitrogens with one attached hydrogen (secondary N) is 1. The van der Waals surface area contributed by atoms with E-state index in [1.807, 2.05) is 48.5 Å². The molecule has 1 aliphatic carbocycles. The standard InChI is InChI=1S/C24H21BrN4O2/c1-31-20-10-8-19(9-11-20)29-14-17-13-27-24(26-12-15-2-3-15)28-22(17)21(23(29)30)16-4-6-18(25)7-5-16/h4-11,13-15H,2-3,12H2,1H3,(H,26,28). The van der Waals surface area contributed by atoms with Gasteiger partial charge in [0, 0.05) is 34.5 Å². The van der Waals surface area contributed by atoms with Crippen molar-refractivity contribution in [3.63, 3.8) is 0 Å². The predicted octanol–water partition coefficient (Wildman–Crippen LogP) is 5.04. The number of anilines is 1. The average molecular weight is 477 g/mol. The van der Waals surface area contributed by atoms with Gasteiger partial charge in [-0.3, -0.25) is 9.36 Å². The Hall–Kier alpha value is -3.19. The molecular weight excluding hydrogens is 456 g/mol. The fraction of sp³-hybridized carbons (Fsp3) is 0.208. The summed E-state index contributed by atoms with van der Waals surface area (Å²) in [6.45, 7) is 0.863. The second kappa shape index (κ2) is 8.15. The third-order valence-electron chi connectivity index (χ3n) is 5.48. The van der Waals surface area contributed by atoms with E-state index in [1.54, 1.807) is 24.1 Å². The van der Waals surface area contributed by atoms with Gasteiger partial charge in [0.1, 0.15) is 5.75 Å². The lowest BCUT2D eigenvalue weighted by Crippen LogP contribution is -2.21. The van der Waals surface area contributed by atoms with Crippen molar-refractivity contribution in [2.45, 2.75) is 12.8 Å². The largest absolute Gasteiger partial charge is 0.497 e. The van der Waals surface area contributed by atoms with Crippen LogP contribution in [0.2, 0.25) is 0 Å². The van der Waals surface area contributed by atoms with E-state index in [9.17, 15) is 4.79 Å². The van der Waals surface area contributed by atoms with Crippen molar-refractivity contribution >= 4 is 32.8 Å². The van der Waals surface area contributed by atoms with Crippen LogP contribution in [0.25, 0.3) is 27.7 Å². The van der Waals surface area contributed by atoms with E-state index >= 15 is 0 Å². The summed E-state index contributed by atoms with van der Waals surface area (Å²) in [4.78, 5) is 22.9. The zero-order valence-corrected chi connectivity index (χ0v) is 18.6. The Morgan fingerprint density at radius 2 is 1.87 bits per heavy atom. The molecule has 0 bridgehead atoms. The molecule has 5 rings (SSSR count). The number of rotatable bonds is 6. The predicted molar refractivity (Wildman–Crippen MR) is 126 cm³/mol. The van der Waals surface area contributed by atoms with Crippen LogP contribution in [0, 0.1) is 5.92 Å². The lowest BCUT2D eigenvalue weighted by atomic mass is 10.0. The van der Waals surface area contributed by atoms with Gasteiger partial charge in [-0.15, -0.1) is 0 Å². The molecule has 1 N–H and O–H groups in total. The van der Waals surface area contributed by atoms with Crippen LogP contribution in [0.1, 0.15) is 12.8 Å². The lowest BCUT2D eigenvalue weighted by Gasteiger charge is -2.13. The molecule has 31 heavy (non-hydrogen) atoms. The molecule has 6 nitrogen and oxygen atoms in total. The second-order valence-electron chi connectivity index (χ2n) is 7.71. The number of pyridine rings is 1. The van der Waals surface area contributed by atoms with Crippen molar-refractivity contribution < 1.29 is 4.74 Å². The summed E-state index contributed by atoms with van der Waals surface area (Å²) < 4.78 is 7.84. The minimum absolute atomic E-state index is 0.133. The Kier molecular flexibility index (Phi) is 5.19. The average Bonchev–Trinajstić information content (AvgIpc) is 3.63. The number of hydrogen-bond donors (Lipinski definition) is 1. The number of hydrogen-bond acceptors (Lipinski definition) is 5. The van der Waals surface area contributed by atoms with Gasteiger partial charge in [0.2, 0.25) is 5.95 Å². The molecule has 4 aromatic rings. The van der Waals surface area contributed by atoms with Crippen molar-refractivity contribution in [2.24, 2.45) is 5.92 Å². The van der Waals surface area contributed by atoms with Gasteiger partial charge < -0.3 is 10.1 Å². The third kappa shape index (κ3) is 4.05. The Balaban J connectivity index is 1.69. The molecule has 1 aliphatic rings. The van der Waals surface area contributed by atoms with Crippen molar-refractivity contribution in [2.75, 3.05) is 19.0 Å². The van der Waals surface area contributed by atoms with E-state index in [0.29, 0.717) is 22.9 Å². The molecule has 0 saturated heterocycles. The molecule has 2 aromatic heterocycles. The van der Waals surface area contributed by atoms with Crippen LogP contribution >= 0.6 is 15.9 Å². The normalized spacial score (nSPS) is 13.4. The summed E-state index contributed by atoms with van der Waals surface area (Å²) in [5.74, 6) is 1.99. The minimum Gasteiger partial charge on any atom is -0.497 e. The van der Waals surface area contributed by atoms with Crippen LogP contribution in [0.4, 0.5) is 5.95 Å². The van der Waals surface area contributed by atoms with Gasteiger partial charge in [-0.2, -0.15) is 0 Å². The molecule has 1 saturated carbocycles. The summed E-state index contributed by atoms with van der Waals surface area (Å²) in [5, 5.41) is 4.11. The van der Waals surface area contributed by atoms with E-state index in [-0.39, 0.29) is 5.56 Å². The van der Waals surface area contributed by atoms with Crippen LogP contribution in [-0.4, -0.2) is 28.2 Å². The van der Waals surface area contributed by atoms with Gasteiger partial charge >= 0.3 is 0 Å². The van der Waals surface area contributed by atoms with Gasteiger partial charge in [-0.1, -0.05) is 28.1 Å². The van der Waals surface area contributed by atoms with Crippen LogP contribution in [0.5, 0.6) is 5.75 Å². The van der Waals surface area contributed by atoms with E-state index < -0.39 is 0 Å². The van der Waals surface area contributed by atoms with E-state index in [2.05, 4.69) is 26.2 Å². The number of nitrogens with zero attached hydrogens (tertiary/aromatic N) is 3. The monoisotopic (exact) mass is 476 g/mol. The highest BCUT2D eigenvalue weighted by Gasteiger charge is 2.21. The number of benzene rings is 2. The fourth-order valence-electron chi connectivity index (χ4n) is 3.56. The summed E-state index contributed by atoms with van der Waals surface area (Å²) in [5.41, 5.74) is 2.63. The first-order valence-corrected chi connectivity index (χ1v) is 11.0. The molecule has 1 fully saturated rings. The van der Waals surface area contributed by atoms with Gasteiger partial charge in [-0.25, -0.2) is 9.97 Å². The molecular formula is C24H21BrN4O2.